The van der Waals surface area contributed by atoms with Gasteiger partial charge in [0.2, 0.25) is 11.8 Å². The van der Waals surface area contributed by atoms with Crippen LogP contribution in [0.4, 0.5) is 4.39 Å². The number of amides is 2. The summed E-state index contributed by atoms with van der Waals surface area (Å²) in [7, 11) is 0. The monoisotopic (exact) mass is 347 g/mol. The first kappa shape index (κ1) is 17.9. The van der Waals surface area contributed by atoms with E-state index >= 15 is 0 Å². The number of benzene rings is 1. The van der Waals surface area contributed by atoms with Crippen LogP contribution >= 0.6 is 0 Å². The fourth-order valence-corrected chi connectivity index (χ4v) is 3.69. The van der Waals surface area contributed by atoms with Gasteiger partial charge < -0.3 is 15.1 Å². The Bertz CT molecular complexity index is 605. The van der Waals surface area contributed by atoms with E-state index in [1.165, 1.54) is 12.1 Å². The molecule has 0 aliphatic carbocycles. The molecule has 1 aromatic rings. The van der Waals surface area contributed by atoms with Gasteiger partial charge in [-0.1, -0.05) is 12.1 Å². The number of hydrogen-bond acceptors (Lipinski definition) is 3. The predicted molar refractivity (Wildman–Crippen MR) is 93.3 cm³/mol. The number of halogens is 1. The first-order chi connectivity index (χ1) is 12.1. The van der Waals surface area contributed by atoms with Crippen molar-refractivity contribution in [2.24, 2.45) is 0 Å². The molecule has 0 spiro atoms. The summed E-state index contributed by atoms with van der Waals surface area (Å²) in [6, 6.07) is 6.46. The number of nitrogens with one attached hydrogen (secondary N) is 1. The number of carbonyl (C=O) groups is 2. The lowest BCUT2D eigenvalue weighted by molar-refractivity contribution is -0.131. The summed E-state index contributed by atoms with van der Waals surface area (Å²) in [4.78, 5) is 28.3. The van der Waals surface area contributed by atoms with E-state index in [2.05, 4.69) is 10.2 Å². The van der Waals surface area contributed by atoms with Crippen molar-refractivity contribution in [1.29, 1.82) is 0 Å². The highest BCUT2D eigenvalue weighted by Gasteiger charge is 2.31. The molecule has 0 radical (unpaired) electrons. The van der Waals surface area contributed by atoms with Gasteiger partial charge in [0, 0.05) is 45.1 Å². The van der Waals surface area contributed by atoms with Gasteiger partial charge in [-0.05, 0) is 43.5 Å². The molecule has 5 nitrogen and oxygen atoms in total. The van der Waals surface area contributed by atoms with E-state index in [1.807, 2.05) is 4.90 Å². The van der Waals surface area contributed by atoms with Crippen LogP contribution in [0, 0.1) is 5.82 Å². The van der Waals surface area contributed by atoms with Gasteiger partial charge in [-0.2, -0.15) is 0 Å². The van der Waals surface area contributed by atoms with Crippen molar-refractivity contribution in [1.82, 2.24) is 15.1 Å². The molecule has 2 heterocycles. The second kappa shape index (κ2) is 8.43. The molecule has 0 bridgehead atoms. The number of nitrogens with zero attached hydrogens (tertiary/aromatic N) is 2. The Hall–Kier alpha value is -1.95. The number of rotatable bonds is 6. The molecule has 3 rings (SSSR count). The standard InChI is InChI=1S/C19H26FN3O2/c20-16-7-5-15(6-8-16)13-21-18(24)9-12-22-10-1-3-17(14-22)23-11-2-4-19(23)25/h5-8,17H,1-4,9-14H2,(H,21,24)/t17-/m1/s1. The van der Waals surface area contributed by atoms with Crippen LogP contribution in [0.5, 0.6) is 0 Å². The van der Waals surface area contributed by atoms with Crippen LogP contribution in [0.15, 0.2) is 24.3 Å². The van der Waals surface area contributed by atoms with E-state index < -0.39 is 0 Å². The number of likely N-dealkylation sites (tertiary alicyclic amines) is 2. The van der Waals surface area contributed by atoms with E-state index in [0.717, 1.165) is 44.5 Å². The molecule has 1 atom stereocenters. The lowest BCUT2D eigenvalue weighted by Gasteiger charge is -2.37. The van der Waals surface area contributed by atoms with E-state index in [0.29, 0.717) is 32.0 Å². The summed E-state index contributed by atoms with van der Waals surface area (Å²) >= 11 is 0. The maximum Gasteiger partial charge on any atom is 0.222 e. The van der Waals surface area contributed by atoms with Crippen molar-refractivity contribution in [3.8, 4) is 0 Å². The zero-order valence-electron chi connectivity index (χ0n) is 14.5. The quantitative estimate of drug-likeness (QED) is 0.855. The predicted octanol–water partition coefficient (Wildman–Crippen LogP) is 1.92. The zero-order chi connectivity index (χ0) is 17.6. The minimum absolute atomic E-state index is 0.00342. The van der Waals surface area contributed by atoms with Crippen LogP contribution in [0.2, 0.25) is 0 Å². The van der Waals surface area contributed by atoms with Crippen LogP contribution in [0.3, 0.4) is 0 Å². The zero-order valence-corrected chi connectivity index (χ0v) is 14.5. The molecule has 1 aromatic carbocycles. The van der Waals surface area contributed by atoms with Crippen LogP contribution in [0.25, 0.3) is 0 Å². The summed E-state index contributed by atoms with van der Waals surface area (Å²) in [5.41, 5.74) is 0.889. The van der Waals surface area contributed by atoms with Gasteiger partial charge in [-0.3, -0.25) is 9.59 Å². The average molecular weight is 347 g/mol. The summed E-state index contributed by atoms with van der Waals surface area (Å²) in [5, 5.41) is 2.88. The van der Waals surface area contributed by atoms with Crippen molar-refractivity contribution < 1.29 is 14.0 Å². The van der Waals surface area contributed by atoms with Crippen LogP contribution in [0.1, 0.15) is 37.7 Å². The maximum absolute atomic E-state index is 12.9. The molecule has 2 aliphatic rings. The molecule has 6 heteroatoms. The van der Waals surface area contributed by atoms with E-state index in [9.17, 15) is 14.0 Å². The third kappa shape index (κ3) is 5.01. The number of hydrogen-bond donors (Lipinski definition) is 1. The second-order valence-electron chi connectivity index (χ2n) is 6.94. The van der Waals surface area contributed by atoms with Crippen LogP contribution in [-0.2, 0) is 16.1 Å². The molecule has 0 saturated carbocycles. The van der Waals surface area contributed by atoms with Crippen molar-refractivity contribution in [3.63, 3.8) is 0 Å². The molecule has 136 valence electrons. The minimum atomic E-state index is -0.272. The highest BCUT2D eigenvalue weighted by Crippen LogP contribution is 2.21. The highest BCUT2D eigenvalue weighted by molar-refractivity contribution is 5.78. The van der Waals surface area contributed by atoms with Crippen molar-refractivity contribution in [2.75, 3.05) is 26.2 Å². The summed E-state index contributed by atoms with van der Waals surface area (Å²) in [6.45, 7) is 3.88. The van der Waals surface area contributed by atoms with Crippen LogP contribution in [-0.4, -0.2) is 53.8 Å². The number of piperidine rings is 1. The van der Waals surface area contributed by atoms with Gasteiger partial charge in [0.05, 0.1) is 0 Å². The molecule has 2 saturated heterocycles. The molecule has 25 heavy (non-hydrogen) atoms. The fraction of sp³-hybridized carbons (Fsp3) is 0.579. The normalized spacial score (nSPS) is 21.6. The molecule has 1 N–H and O–H groups in total. The first-order valence-electron chi connectivity index (χ1n) is 9.15. The summed E-state index contributed by atoms with van der Waals surface area (Å²) < 4.78 is 12.9. The van der Waals surface area contributed by atoms with E-state index in [1.54, 1.807) is 12.1 Å². The average Bonchev–Trinajstić information content (AvgIpc) is 3.06. The van der Waals surface area contributed by atoms with Crippen LogP contribution < -0.4 is 5.32 Å². The lowest BCUT2D eigenvalue weighted by atomic mass is 10.0. The Balaban J connectivity index is 1.39. The van der Waals surface area contributed by atoms with E-state index in [-0.39, 0.29) is 17.6 Å². The van der Waals surface area contributed by atoms with Gasteiger partial charge in [-0.15, -0.1) is 0 Å². The highest BCUT2D eigenvalue weighted by atomic mass is 19.1. The molecule has 2 aliphatic heterocycles. The first-order valence-corrected chi connectivity index (χ1v) is 9.15. The largest absolute Gasteiger partial charge is 0.352 e. The smallest absolute Gasteiger partial charge is 0.222 e. The number of carbonyl (C=O) groups excluding carboxylic acids is 2. The van der Waals surface area contributed by atoms with Crippen molar-refractivity contribution in [2.45, 2.75) is 44.7 Å². The van der Waals surface area contributed by atoms with Gasteiger partial charge in [0.1, 0.15) is 5.82 Å². The summed E-state index contributed by atoms with van der Waals surface area (Å²) in [6.07, 6.45) is 4.25. The molecular formula is C19H26FN3O2. The Kier molecular flexibility index (Phi) is 6.02. The Morgan fingerprint density at radius 3 is 2.72 bits per heavy atom. The Morgan fingerprint density at radius 2 is 2.00 bits per heavy atom. The third-order valence-corrected chi connectivity index (χ3v) is 5.09. The summed E-state index contributed by atoms with van der Waals surface area (Å²) in [5.74, 6) is 0.0128. The lowest BCUT2D eigenvalue weighted by Crippen LogP contribution is -2.49. The van der Waals surface area contributed by atoms with Gasteiger partial charge >= 0.3 is 0 Å². The van der Waals surface area contributed by atoms with E-state index in [4.69, 9.17) is 0 Å². The minimum Gasteiger partial charge on any atom is -0.352 e. The molecule has 2 fully saturated rings. The third-order valence-electron chi connectivity index (χ3n) is 5.09. The molecular weight excluding hydrogens is 321 g/mol. The molecule has 0 aromatic heterocycles. The molecule has 0 unspecified atom stereocenters. The Labute approximate surface area is 148 Å². The Morgan fingerprint density at radius 1 is 1.20 bits per heavy atom. The van der Waals surface area contributed by atoms with Gasteiger partial charge in [0.15, 0.2) is 0 Å². The SMILES string of the molecule is O=C(CCN1CCC[C@@H](N2CCCC2=O)C1)NCc1ccc(F)cc1. The molecule has 2 amide bonds. The van der Waals surface area contributed by atoms with Gasteiger partial charge in [0.25, 0.3) is 0 Å². The van der Waals surface area contributed by atoms with Gasteiger partial charge in [-0.25, -0.2) is 4.39 Å². The van der Waals surface area contributed by atoms with Crippen molar-refractivity contribution in [3.05, 3.63) is 35.6 Å². The topological polar surface area (TPSA) is 52.7 Å². The maximum atomic E-state index is 12.9. The van der Waals surface area contributed by atoms with Crippen molar-refractivity contribution >= 4 is 11.8 Å². The fourth-order valence-electron chi connectivity index (χ4n) is 3.69. The second-order valence-corrected chi connectivity index (χ2v) is 6.94.